The molecule has 2 heterocycles. The second kappa shape index (κ2) is 4.48. The van der Waals surface area contributed by atoms with Crippen LogP contribution >= 0.6 is 23.6 Å². The number of imidazole rings is 1. The van der Waals surface area contributed by atoms with Crippen molar-refractivity contribution in [1.29, 1.82) is 0 Å². The maximum atomic E-state index is 5.69. The summed E-state index contributed by atoms with van der Waals surface area (Å²) < 4.78 is 2.23. The molecule has 1 saturated carbocycles. The summed E-state index contributed by atoms with van der Waals surface area (Å²) in [6, 6.07) is 4.16. The maximum Gasteiger partial charge on any atom is 0.150 e. The minimum atomic E-state index is 0.290. The van der Waals surface area contributed by atoms with Crippen LogP contribution in [0.4, 0.5) is 0 Å². The van der Waals surface area contributed by atoms with Gasteiger partial charge >= 0.3 is 0 Å². The molecule has 0 bridgehead atoms. The molecule has 2 aromatic heterocycles. The summed E-state index contributed by atoms with van der Waals surface area (Å²) in [5.41, 5.74) is 5.98. The quantitative estimate of drug-likeness (QED) is 0.854. The van der Waals surface area contributed by atoms with Crippen molar-refractivity contribution >= 4 is 28.5 Å². The number of aromatic nitrogens is 2. The van der Waals surface area contributed by atoms with Gasteiger partial charge in [0.1, 0.15) is 5.82 Å². The first-order chi connectivity index (χ1) is 8.69. The molecule has 0 unspecified atom stereocenters. The average molecular weight is 277 g/mol. The van der Waals surface area contributed by atoms with E-state index in [0.717, 1.165) is 18.8 Å². The van der Waals surface area contributed by atoms with E-state index in [-0.39, 0.29) is 0 Å². The molecule has 2 aromatic rings. The molecule has 1 fully saturated rings. The normalized spacial score (nSPS) is 16.7. The van der Waals surface area contributed by atoms with Crippen molar-refractivity contribution in [2.45, 2.75) is 25.8 Å². The van der Waals surface area contributed by atoms with Crippen LogP contribution in [0, 0.1) is 5.41 Å². The van der Waals surface area contributed by atoms with Crippen LogP contribution in [-0.4, -0.2) is 14.5 Å². The van der Waals surface area contributed by atoms with Gasteiger partial charge in [0.2, 0.25) is 0 Å². The van der Waals surface area contributed by atoms with E-state index < -0.39 is 0 Å². The number of nitrogens with zero attached hydrogens (tertiary/aromatic N) is 2. The highest BCUT2D eigenvalue weighted by molar-refractivity contribution is 7.80. The number of hydrogen-bond donors (Lipinski definition) is 1. The predicted octanol–water partition coefficient (Wildman–Crippen LogP) is 3.07. The molecule has 94 valence electrons. The number of rotatable bonds is 5. The molecule has 18 heavy (non-hydrogen) atoms. The van der Waals surface area contributed by atoms with Crippen molar-refractivity contribution in [3.8, 4) is 10.7 Å². The predicted molar refractivity (Wildman–Crippen MR) is 78.6 cm³/mol. The van der Waals surface area contributed by atoms with Gasteiger partial charge in [-0.3, -0.25) is 0 Å². The SMILES string of the molecule is NC(=S)CC1(Cn2ccnc2-c2cccs2)CC1. The molecule has 0 aliphatic heterocycles. The Bertz CT molecular complexity index is 553. The lowest BCUT2D eigenvalue weighted by Crippen LogP contribution is -2.20. The Morgan fingerprint density at radius 1 is 1.56 bits per heavy atom. The van der Waals surface area contributed by atoms with Crippen LogP contribution < -0.4 is 5.73 Å². The van der Waals surface area contributed by atoms with Crippen molar-refractivity contribution in [3.63, 3.8) is 0 Å². The summed E-state index contributed by atoms with van der Waals surface area (Å²) in [7, 11) is 0. The van der Waals surface area contributed by atoms with Gasteiger partial charge in [0, 0.05) is 25.4 Å². The molecular formula is C13H15N3S2. The Labute approximate surface area is 116 Å². The third-order valence-electron chi connectivity index (χ3n) is 3.47. The molecule has 0 spiro atoms. The summed E-state index contributed by atoms with van der Waals surface area (Å²) in [4.78, 5) is 6.30. The lowest BCUT2D eigenvalue weighted by Gasteiger charge is -2.16. The first kappa shape index (κ1) is 11.9. The molecule has 0 atom stereocenters. The molecule has 1 aliphatic rings. The molecule has 0 radical (unpaired) electrons. The fourth-order valence-corrected chi connectivity index (χ4v) is 3.41. The molecule has 0 saturated heterocycles. The summed E-state index contributed by atoms with van der Waals surface area (Å²) in [5, 5.41) is 2.08. The zero-order chi connectivity index (χ0) is 12.6. The Morgan fingerprint density at radius 3 is 3.00 bits per heavy atom. The van der Waals surface area contributed by atoms with Crippen molar-refractivity contribution in [3.05, 3.63) is 29.9 Å². The van der Waals surface area contributed by atoms with E-state index in [1.54, 1.807) is 11.3 Å². The Kier molecular flexibility index (Phi) is 2.95. The van der Waals surface area contributed by atoms with Crippen LogP contribution in [0.1, 0.15) is 19.3 Å². The van der Waals surface area contributed by atoms with Crippen molar-refractivity contribution in [2.24, 2.45) is 11.1 Å². The zero-order valence-electron chi connectivity index (χ0n) is 10.0. The van der Waals surface area contributed by atoms with Gasteiger partial charge < -0.3 is 10.3 Å². The van der Waals surface area contributed by atoms with E-state index in [4.69, 9.17) is 18.0 Å². The lowest BCUT2D eigenvalue weighted by molar-refractivity contribution is 0.441. The average Bonchev–Trinajstić information content (AvgIpc) is 2.78. The van der Waals surface area contributed by atoms with Crippen molar-refractivity contribution in [2.75, 3.05) is 0 Å². The Hall–Kier alpha value is -1.20. The third kappa shape index (κ3) is 2.33. The highest BCUT2D eigenvalue weighted by Gasteiger charge is 2.43. The topological polar surface area (TPSA) is 43.8 Å². The molecule has 2 N–H and O–H groups in total. The number of thiocarbonyl (C=S) groups is 1. The van der Waals surface area contributed by atoms with Crippen LogP contribution in [0.2, 0.25) is 0 Å². The van der Waals surface area contributed by atoms with Crippen LogP contribution in [0.3, 0.4) is 0 Å². The van der Waals surface area contributed by atoms with Crippen LogP contribution in [0.25, 0.3) is 10.7 Å². The van der Waals surface area contributed by atoms with Gasteiger partial charge in [-0.1, -0.05) is 18.3 Å². The molecule has 5 heteroatoms. The second-order valence-electron chi connectivity index (χ2n) is 5.00. The van der Waals surface area contributed by atoms with E-state index in [1.807, 2.05) is 6.20 Å². The first-order valence-electron chi connectivity index (χ1n) is 6.02. The summed E-state index contributed by atoms with van der Waals surface area (Å²) >= 11 is 6.77. The van der Waals surface area contributed by atoms with Gasteiger partial charge in [0.05, 0.1) is 9.87 Å². The molecule has 3 nitrogen and oxygen atoms in total. The van der Waals surface area contributed by atoms with Crippen LogP contribution in [-0.2, 0) is 6.54 Å². The monoisotopic (exact) mass is 277 g/mol. The standard InChI is InChI=1S/C13H15N3S2/c14-11(17)8-13(3-4-13)9-16-6-5-15-12(16)10-2-1-7-18-10/h1-2,5-7H,3-4,8-9H2,(H2,14,17). The van der Waals surface area contributed by atoms with E-state index in [9.17, 15) is 0 Å². The number of nitrogens with two attached hydrogens (primary N) is 1. The second-order valence-corrected chi connectivity index (χ2v) is 6.47. The van der Waals surface area contributed by atoms with Crippen molar-refractivity contribution < 1.29 is 0 Å². The van der Waals surface area contributed by atoms with Crippen LogP contribution in [0.15, 0.2) is 29.9 Å². The number of thiophene rings is 1. The van der Waals surface area contributed by atoms with Crippen LogP contribution in [0.5, 0.6) is 0 Å². The minimum absolute atomic E-state index is 0.290. The highest BCUT2D eigenvalue weighted by Crippen LogP contribution is 2.50. The van der Waals surface area contributed by atoms with Gasteiger partial charge in [-0.05, 0) is 29.7 Å². The fraction of sp³-hybridized carbons (Fsp3) is 0.385. The maximum absolute atomic E-state index is 5.69. The molecule has 0 aromatic carbocycles. The molecular weight excluding hydrogens is 262 g/mol. The van der Waals surface area contributed by atoms with E-state index in [1.165, 1.54) is 17.7 Å². The summed E-state index contributed by atoms with van der Waals surface area (Å²) in [6.07, 6.45) is 7.20. The number of hydrogen-bond acceptors (Lipinski definition) is 3. The summed E-state index contributed by atoms with van der Waals surface area (Å²) in [5.74, 6) is 1.05. The van der Waals surface area contributed by atoms with Gasteiger partial charge in [-0.25, -0.2) is 4.98 Å². The van der Waals surface area contributed by atoms with Gasteiger partial charge in [-0.15, -0.1) is 11.3 Å². The van der Waals surface area contributed by atoms with E-state index in [2.05, 4.69) is 33.3 Å². The van der Waals surface area contributed by atoms with Gasteiger partial charge in [0.25, 0.3) is 0 Å². The Morgan fingerprint density at radius 2 is 2.39 bits per heavy atom. The van der Waals surface area contributed by atoms with Gasteiger partial charge in [0.15, 0.2) is 0 Å². The zero-order valence-corrected chi connectivity index (χ0v) is 11.6. The van der Waals surface area contributed by atoms with Crippen molar-refractivity contribution in [1.82, 2.24) is 9.55 Å². The lowest BCUT2D eigenvalue weighted by atomic mass is 10.0. The van der Waals surface area contributed by atoms with Gasteiger partial charge in [-0.2, -0.15) is 0 Å². The first-order valence-corrected chi connectivity index (χ1v) is 7.31. The fourth-order valence-electron chi connectivity index (χ4n) is 2.37. The largest absolute Gasteiger partial charge is 0.393 e. The smallest absolute Gasteiger partial charge is 0.150 e. The minimum Gasteiger partial charge on any atom is -0.393 e. The van der Waals surface area contributed by atoms with E-state index in [0.29, 0.717) is 10.4 Å². The molecule has 3 rings (SSSR count). The third-order valence-corrected chi connectivity index (χ3v) is 4.48. The van der Waals surface area contributed by atoms with E-state index >= 15 is 0 Å². The Balaban J connectivity index is 1.82. The molecule has 1 aliphatic carbocycles. The highest BCUT2D eigenvalue weighted by atomic mass is 32.1. The molecule has 0 amide bonds. The summed E-state index contributed by atoms with van der Waals surface area (Å²) in [6.45, 7) is 0.970.